The maximum atomic E-state index is 5.92. The van der Waals surface area contributed by atoms with Gasteiger partial charge in [0.15, 0.2) is 0 Å². The summed E-state index contributed by atoms with van der Waals surface area (Å²) in [6, 6.07) is 0. The predicted molar refractivity (Wildman–Crippen MR) is 68.5 cm³/mol. The number of ether oxygens (including phenoxy) is 1. The van der Waals surface area contributed by atoms with Gasteiger partial charge in [-0.25, -0.2) is 0 Å². The molecule has 0 radical (unpaired) electrons. The highest BCUT2D eigenvalue weighted by Crippen LogP contribution is 2.24. The summed E-state index contributed by atoms with van der Waals surface area (Å²) in [6.45, 7) is 11.7. The summed E-state index contributed by atoms with van der Waals surface area (Å²) in [5, 5.41) is 0. The molecule has 0 bridgehead atoms. The largest absolute Gasteiger partial charge is 0.376 e. The number of morpholine rings is 1. The van der Waals surface area contributed by atoms with Crippen molar-refractivity contribution in [2.24, 2.45) is 11.1 Å². The average molecular weight is 228 g/mol. The lowest BCUT2D eigenvalue weighted by molar-refractivity contribution is -0.0410. The first-order valence-electron chi connectivity index (χ1n) is 6.67. The number of nitrogens with zero attached hydrogens (tertiary/aromatic N) is 1. The molecular formula is C13H28N2O. The fourth-order valence-corrected chi connectivity index (χ4v) is 2.56. The normalized spacial score (nSPS) is 26.6. The van der Waals surface area contributed by atoms with Crippen LogP contribution in [0.25, 0.3) is 0 Å². The number of hydrogen-bond acceptors (Lipinski definition) is 3. The third kappa shape index (κ3) is 4.04. The zero-order chi connectivity index (χ0) is 12.0. The van der Waals surface area contributed by atoms with Gasteiger partial charge in [0.1, 0.15) is 0 Å². The minimum Gasteiger partial charge on any atom is -0.376 e. The van der Waals surface area contributed by atoms with Crippen LogP contribution >= 0.6 is 0 Å². The van der Waals surface area contributed by atoms with Crippen LogP contribution in [0.15, 0.2) is 0 Å². The van der Waals surface area contributed by atoms with Crippen molar-refractivity contribution < 1.29 is 4.74 Å². The summed E-state index contributed by atoms with van der Waals surface area (Å²) >= 11 is 0. The number of hydrogen-bond donors (Lipinski definition) is 1. The molecule has 2 N–H and O–H groups in total. The molecule has 0 aliphatic carbocycles. The van der Waals surface area contributed by atoms with Crippen molar-refractivity contribution in [2.45, 2.75) is 46.1 Å². The van der Waals surface area contributed by atoms with E-state index >= 15 is 0 Å². The van der Waals surface area contributed by atoms with Crippen LogP contribution in [0.5, 0.6) is 0 Å². The Kier molecular flexibility index (Phi) is 5.73. The van der Waals surface area contributed by atoms with Crippen molar-refractivity contribution in [3.05, 3.63) is 0 Å². The Morgan fingerprint density at radius 1 is 1.44 bits per heavy atom. The van der Waals surface area contributed by atoms with Crippen LogP contribution in [-0.4, -0.2) is 43.8 Å². The Bertz CT molecular complexity index is 198. The highest BCUT2D eigenvalue weighted by Gasteiger charge is 2.27. The van der Waals surface area contributed by atoms with Gasteiger partial charge < -0.3 is 10.5 Å². The highest BCUT2D eigenvalue weighted by molar-refractivity contribution is 4.81. The molecule has 3 nitrogen and oxygen atoms in total. The summed E-state index contributed by atoms with van der Waals surface area (Å²) in [4.78, 5) is 2.53. The molecule has 1 saturated heterocycles. The van der Waals surface area contributed by atoms with Crippen molar-refractivity contribution in [3.8, 4) is 0 Å². The molecule has 0 saturated carbocycles. The molecule has 0 aromatic carbocycles. The lowest BCUT2D eigenvalue weighted by Crippen LogP contribution is -2.48. The Morgan fingerprint density at radius 2 is 2.19 bits per heavy atom. The van der Waals surface area contributed by atoms with Crippen molar-refractivity contribution in [1.29, 1.82) is 0 Å². The Morgan fingerprint density at radius 3 is 2.75 bits per heavy atom. The predicted octanol–water partition coefficient (Wildman–Crippen LogP) is 1.86. The first-order valence-corrected chi connectivity index (χ1v) is 6.67. The lowest BCUT2D eigenvalue weighted by Gasteiger charge is -2.39. The molecule has 1 aliphatic heterocycles. The Labute approximate surface area is 100 Å². The van der Waals surface area contributed by atoms with Crippen LogP contribution in [-0.2, 0) is 4.74 Å². The van der Waals surface area contributed by atoms with Gasteiger partial charge in [0.25, 0.3) is 0 Å². The average Bonchev–Trinajstić information content (AvgIpc) is 2.29. The zero-order valence-corrected chi connectivity index (χ0v) is 11.2. The van der Waals surface area contributed by atoms with E-state index in [9.17, 15) is 0 Å². The van der Waals surface area contributed by atoms with Crippen LogP contribution in [0.3, 0.4) is 0 Å². The van der Waals surface area contributed by atoms with E-state index in [4.69, 9.17) is 10.5 Å². The molecular weight excluding hydrogens is 200 g/mol. The van der Waals surface area contributed by atoms with E-state index in [-0.39, 0.29) is 5.41 Å². The summed E-state index contributed by atoms with van der Waals surface area (Å²) in [7, 11) is 0. The molecule has 3 heteroatoms. The maximum absolute atomic E-state index is 5.92. The van der Waals surface area contributed by atoms with Crippen LogP contribution in [0.1, 0.15) is 40.0 Å². The van der Waals surface area contributed by atoms with Gasteiger partial charge in [-0.05, 0) is 24.8 Å². The van der Waals surface area contributed by atoms with Gasteiger partial charge in [0.2, 0.25) is 0 Å². The molecule has 0 spiro atoms. The van der Waals surface area contributed by atoms with Gasteiger partial charge in [-0.3, -0.25) is 4.90 Å². The van der Waals surface area contributed by atoms with Crippen LogP contribution in [0.2, 0.25) is 0 Å². The molecule has 0 aromatic rings. The van der Waals surface area contributed by atoms with Gasteiger partial charge in [0.05, 0.1) is 12.7 Å². The van der Waals surface area contributed by atoms with E-state index < -0.39 is 0 Å². The zero-order valence-electron chi connectivity index (χ0n) is 11.2. The monoisotopic (exact) mass is 228 g/mol. The van der Waals surface area contributed by atoms with Gasteiger partial charge in [-0.1, -0.05) is 27.2 Å². The fourth-order valence-electron chi connectivity index (χ4n) is 2.56. The molecule has 2 atom stereocenters. The topological polar surface area (TPSA) is 38.5 Å². The molecule has 1 rings (SSSR count). The van der Waals surface area contributed by atoms with Crippen molar-refractivity contribution >= 4 is 0 Å². The van der Waals surface area contributed by atoms with Crippen molar-refractivity contribution in [2.75, 3.05) is 32.8 Å². The summed E-state index contributed by atoms with van der Waals surface area (Å²) in [5.41, 5.74) is 6.20. The molecule has 16 heavy (non-hydrogen) atoms. The fraction of sp³-hybridized carbons (Fsp3) is 1.00. The maximum Gasteiger partial charge on any atom is 0.0700 e. The second-order valence-electron chi connectivity index (χ2n) is 5.40. The first kappa shape index (κ1) is 13.9. The molecule has 0 aromatic heterocycles. The SMILES string of the molecule is CCCC(C)(CN)CN1CCOC(CC)C1. The van der Waals surface area contributed by atoms with E-state index in [1.807, 2.05) is 0 Å². The van der Waals surface area contributed by atoms with Gasteiger partial charge in [-0.2, -0.15) is 0 Å². The van der Waals surface area contributed by atoms with Gasteiger partial charge in [-0.15, -0.1) is 0 Å². The van der Waals surface area contributed by atoms with E-state index in [1.54, 1.807) is 0 Å². The minimum atomic E-state index is 0.282. The molecule has 2 unspecified atom stereocenters. The van der Waals surface area contributed by atoms with E-state index in [0.717, 1.165) is 39.2 Å². The van der Waals surface area contributed by atoms with Gasteiger partial charge in [0, 0.05) is 19.6 Å². The number of rotatable bonds is 6. The molecule has 0 amide bonds. The Balaban J connectivity index is 2.44. The standard InChI is InChI=1S/C13H28N2O/c1-4-6-13(3,10-14)11-15-7-8-16-12(5-2)9-15/h12H,4-11,14H2,1-3H3. The summed E-state index contributed by atoms with van der Waals surface area (Å²) < 4.78 is 5.69. The summed E-state index contributed by atoms with van der Waals surface area (Å²) in [5.74, 6) is 0. The van der Waals surface area contributed by atoms with E-state index in [1.165, 1.54) is 12.8 Å². The second kappa shape index (κ2) is 6.58. The molecule has 1 fully saturated rings. The van der Waals surface area contributed by atoms with Crippen molar-refractivity contribution in [3.63, 3.8) is 0 Å². The van der Waals surface area contributed by atoms with Crippen LogP contribution in [0, 0.1) is 5.41 Å². The summed E-state index contributed by atoms with van der Waals surface area (Å²) in [6.07, 6.45) is 3.98. The van der Waals surface area contributed by atoms with Crippen molar-refractivity contribution in [1.82, 2.24) is 4.90 Å². The highest BCUT2D eigenvalue weighted by atomic mass is 16.5. The first-order chi connectivity index (χ1) is 7.63. The minimum absolute atomic E-state index is 0.282. The lowest BCUT2D eigenvalue weighted by atomic mass is 9.85. The van der Waals surface area contributed by atoms with E-state index in [0.29, 0.717) is 6.10 Å². The molecule has 1 heterocycles. The quantitative estimate of drug-likeness (QED) is 0.754. The number of nitrogens with two attached hydrogens (primary N) is 1. The van der Waals surface area contributed by atoms with Crippen LogP contribution in [0.4, 0.5) is 0 Å². The third-order valence-corrected chi connectivity index (χ3v) is 3.63. The van der Waals surface area contributed by atoms with E-state index in [2.05, 4.69) is 25.7 Å². The molecule has 1 aliphatic rings. The van der Waals surface area contributed by atoms with Gasteiger partial charge >= 0.3 is 0 Å². The third-order valence-electron chi connectivity index (χ3n) is 3.63. The van der Waals surface area contributed by atoms with Crippen LogP contribution < -0.4 is 5.73 Å². The smallest absolute Gasteiger partial charge is 0.0700 e. The second-order valence-corrected chi connectivity index (χ2v) is 5.40. The Hall–Kier alpha value is -0.120. The molecule has 96 valence electrons.